The second-order valence-corrected chi connectivity index (χ2v) is 3.51. The molecule has 2 heterocycles. The van der Waals surface area contributed by atoms with Gasteiger partial charge in [-0.3, -0.25) is 0 Å². The number of aromatic nitrogens is 4. The molecule has 0 aromatic carbocycles. The summed E-state index contributed by atoms with van der Waals surface area (Å²) in [7, 11) is 1.93. The minimum Gasteiger partial charge on any atom is -0.331 e. The summed E-state index contributed by atoms with van der Waals surface area (Å²) in [4.78, 5) is 12.9. The van der Waals surface area contributed by atoms with E-state index in [2.05, 4.69) is 27.2 Å². The van der Waals surface area contributed by atoms with E-state index in [1.54, 1.807) is 12.4 Å². The first-order valence-corrected chi connectivity index (χ1v) is 5.31. The SMILES string of the molecule is CCNCc1ccnc(-c2nccn2C)n1. The van der Waals surface area contributed by atoms with Crippen molar-refractivity contribution in [3.63, 3.8) is 0 Å². The van der Waals surface area contributed by atoms with Gasteiger partial charge in [0.25, 0.3) is 0 Å². The number of hydrogen-bond acceptors (Lipinski definition) is 4. The van der Waals surface area contributed by atoms with Gasteiger partial charge in [-0.1, -0.05) is 6.92 Å². The zero-order chi connectivity index (χ0) is 11.4. The average molecular weight is 217 g/mol. The molecule has 0 aliphatic rings. The third kappa shape index (κ3) is 2.25. The predicted octanol–water partition coefficient (Wildman–Crippen LogP) is 0.987. The Kier molecular flexibility index (Phi) is 3.26. The van der Waals surface area contributed by atoms with Gasteiger partial charge >= 0.3 is 0 Å². The van der Waals surface area contributed by atoms with Crippen molar-refractivity contribution in [3.05, 3.63) is 30.4 Å². The van der Waals surface area contributed by atoms with Crippen LogP contribution in [-0.4, -0.2) is 26.1 Å². The van der Waals surface area contributed by atoms with Crippen LogP contribution in [0, 0.1) is 0 Å². The molecule has 0 saturated carbocycles. The highest BCUT2D eigenvalue weighted by Crippen LogP contribution is 2.10. The second-order valence-electron chi connectivity index (χ2n) is 3.51. The van der Waals surface area contributed by atoms with Gasteiger partial charge in [0, 0.05) is 32.2 Å². The van der Waals surface area contributed by atoms with Gasteiger partial charge in [0.2, 0.25) is 0 Å². The minimum atomic E-state index is 0.669. The third-order valence-corrected chi connectivity index (χ3v) is 2.29. The Morgan fingerprint density at radius 2 is 2.19 bits per heavy atom. The van der Waals surface area contributed by atoms with E-state index < -0.39 is 0 Å². The highest BCUT2D eigenvalue weighted by molar-refractivity contribution is 5.43. The molecule has 0 saturated heterocycles. The van der Waals surface area contributed by atoms with E-state index in [1.165, 1.54) is 0 Å². The van der Waals surface area contributed by atoms with Gasteiger partial charge in [0.15, 0.2) is 11.6 Å². The van der Waals surface area contributed by atoms with Crippen LogP contribution in [0.5, 0.6) is 0 Å². The lowest BCUT2D eigenvalue weighted by Crippen LogP contribution is -2.13. The summed E-state index contributed by atoms with van der Waals surface area (Å²) in [6.07, 6.45) is 5.40. The summed E-state index contributed by atoms with van der Waals surface area (Å²) < 4.78 is 1.91. The first-order chi connectivity index (χ1) is 7.81. The Balaban J connectivity index is 2.26. The molecule has 0 bridgehead atoms. The van der Waals surface area contributed by atoms with Crippen LogP contribution in [0.15, 0.2) is 24.7 Å². The fourth-order valence-electron chi connectivity index (χ4n) is 1.44. The maximum Gasteiger partial charge on any atom is 0.196 e. The summed E-state index contributed by atoms with van der Waals surface area (Å²) >= 11 is 0. The molecule has 2 rings (SSSR count). The van der Waals surface area contributed by atoms with Crippen LogP contribution >= 0.6 is 0 Å². The monoisotopic (exact) mass is 217 g/mol. The molecule has 16 heavy (non-hydrogen) atoms. The molecule has 0 spiro atoms. The zero-order valence-electron chi connectivity index (χ0n) is 9.51. The van der Waals surface area contributed by atoms with E-state index in [0.717, 1.165) is 24.6 Å². The van der Waals surface area contributed by atoms with E-state index in [1.807, 2.05) is 23.9 Å². The molecule has 5 nitrogen and oxygen atoms in total. The fraction of sp³-hybridized carbons (Fsp3) is 0.364. The van der Waals surface area contributed by atoms with Crippen molar-refractivity contribution < 1.29 is 0 Å². The molecule has 1 N–H and O–H groups in total. The van der Waals surface area contributed by atoms with Gasteiger partial charge in [-0.2, -0.15) is 0 Å². The number of nitrogens with one attached hydrogen (secondary N) is 1. The number of nitrogens with zero attached hydrogens (tertiary/aromatic N) is 4. The van der Waals surface area contributed by atoms with Gasteiger partial charge in [0.05, 0.1) is 5.69 Å². The molecule has 0 fully saturated rings. The van der Waals surface area contributed by atoms with E-state index in [-0.39, 0.29) is 0 Å². The minimum absolute atomic E-state index is 0.669. The summed E-state index contributed by atoms with van der Waals surface area (Å²) in [6.45, 7) is 3.76. The van der Waals surface area contributed by atoms with E-state index in [4.69, 9.17) is 0 Å². The number of imidazole rings is 1. The van der Waals surface area contributed by atoms with Crippen LogP contribution in [-0.2, 0) is 13.6 Å². The summed E-state index contributed by atoms with van der Waals surface area (Å²) in [6, 6.07) is 1.91. The molecule has 0 aliphatic carbocycles. The van der Waals surface area contributed by atoms with Crippen molar-refractivity contribution in [1.29, 1.82) is 0 Å². The Bertz CT molecular complexity index is 463. The second kappa shape index (κ2) is 4.85. The number of rotatable bonds is 4. The highest BCUT2D eigenvalue weighted by atomic mass is 15.1. The Morgan fingerprint density at radius 3 is 2.88 bits per heavy atom. The van der Waals surface area contributed by atoms with Crippen LogP contribution in [0.25, 0.3) is 11.6 Å². The molecule has 0 aliphatic heterocycles. The van der Waals surface area contributed by atoms with Crippen molar-refractivity contribution in [2.45, 2.75) is 13.5 Å². The molecule has 0 unspecified atom stereocenters. The third-order valence-electron chi connectivity index (χ3n) is 2.29. The molecule has 5 heteroatoms. The lowest BCUT2D eigenvalue weighted by molar-refractivity contribution is 0.708. The van der Waals surface area contributed by atoms with Gasteiger partial charge in [-0.25, -0.2) is 15.0 Å². The largest absolute Gasteiger partial charge is 0.331 e. The lowest BCUT2D eigenvalue weighted by atomic mass is 10.4. The Labute approximate surface area is 94.6 Å². The molecular weight excluding hydrogens is 202 g/mol. The molecule has 84 valence electrons. The van der Waals surface area contributed by atoms with Gasteiger partial charge in [-0.05, 0) is 12.6 Å². The van der Waals surface area contributed by atoms with Crippen molar-refractivity contribution in [1.82, 2.24) is 24.8 Å². The molecular formula is C11H15N5. The maximum absolute atomic E-state index is 4.46. The normalized spacial score (nSPS) is 10.6. The smallest absolute Gasteiger partial charge is 0.196 e. The van der Waals surface area contributed by atoms with E-state index in [9.17, 15) is 0 Å². The van der Waals surface area contributed by atoms with Gasteiger partial charge in [-0.15, -0.1) is 0 Å². The van der Waals surface area contributed by atoms with Crippen LogP contribution in [0.3, 0.4) is 0 Å². The van der Waals surface area contributed by atoms with Crippen LogP contribution < -0.4 is 5.32 Å². The molecule has 2 aromatic heterocycles. The number of aryl methyl sites for hydroxylation is 1. The molecule has 2 aromatic rings. The van der Waals surface area contributed by atoms with Crippen molar-refractivity contribution in [3.8, 4) is 11.6 Å². The highest BCUT2D eigenvalue weighted by Gasteiger charge is 2.06. The predicted molar refractivity (Wildman–Crippen MR) is 61.6 cm³/mol. The molecule has 0 radical (unpaired) electrons. The molecule has 0 amide bonds. The standard InChI is InChI=1S/C11H15N5/c1-3-12-8-9-4-5-13-10(15-9)11-14-6-7-16(11)2/h4-7,12H,3,8H2,1-2H3. The molecule has 0 atom stereocenters. The average Bonchev–Trinajstić information content (AvgIpc) is 2.73. The zero-order valence-corrected chi connectivity index (χ0v) is 9.51. The number of hydrogen-bond donors (Lipinski definition) is 1. The van der Waals surface area contributed by atoms with Crippen molar-refractivity contribution in [2.24, 2.45) is 7.05 Å². The van der Waals surface area contributed by atoms with Gasteiger partial charge < -0.3 is 9.88 Å². The van der Waals surface area contributed by atoms with Gasteiger partial charge in [0.1, 0.15) is 0 Å². The summed E-state index contributed by atoms with van der Waals surface area (Å²) in [5.41, 5.74) is 0.981. The fourth-order valence-corrected chi connectivity index (χ4v) is 1.44. The van der Waals surface area contributed by atoms with Crippen LogP contribution in [0.1, 0.15) is 12.6 Å². The van der Waals surface area contributed by atoms with Crippen molar-refractivity contribution in [2.75, 3.05) is 6.54 Å². The summed E-state index contributed by atoms with van der Waals surface area (Å²) in [5, 5.41) is 3.23. The van der Waals surface area contributed by atoms with E-state index in [0.29, 0.717) is 5.82 Å². The lowest BCUT2D eigenvalue weighted by Gasteiger charge is -2.04. The van der Waals surface area contributed by atoms with Crippen molar-refractivity contribution >= 4 is 0 Å². The first kappa shape index (κ1) is 10.8. The maximum atomic E-state index is 4.46. The quantitative estimate of drug-likeness (QED) is 0.829. The first-order valence-electron chi connectivity index (χ1n) is 5.31. The Morgan fingerprint density at radius 1 is 1.31 bits per heavy atom. The Hall–Kier alpha value is -1.75. The van der Waals surface area contributed by atoms with Crippen LogP contribution in [0.2, 0.25) is 0 Å². The van der Waals surface area contributed by atoms with E-state index >= 15 is 0 Å². The topological polar surface area (TPSA) is 55.6 Å². The van der Waals surface area contributed by atoms with Crippen LogP contribution in [0.4, 0.5) is 0 Å². The summed E-state index contributed by atoms with van der Waals surface area (Å²) in [5.74, 6) is 1.46.